The summed E-state index contributed by atoms with van der Waals surface area (Å²) in [6, 6.07) is 5.59. The van der Waals surface area contributed by atoms with Gasteiger partial charge in [0.25, 0.3) is 0 Å². The zero-order valence-electron chi connectivity index (χ0n) is 7.69. The smallest absolute Gasteiger partial charge is 0.423 e. The molecule has 5 heteroatoms. The van der Waals surface area contributed by atoms with Crippen LogP contribution < -0.4 is 11.2 Å². The van der Waals surface area contributed by atoms with Crippen LogP contribution in [0.15, 0.2) is 18.2 Å². The molecule has 0 radical (unpaired) electrons. The van der Waals surface area contributed by atoms with E-state index in [0.717, 1.165) is 15.6 Å². The first kappa shape index (κ1) is 9.52. The largest absolute Gasteiger partial charge is 0.489 e. The van der Waals surface area contributed by atoms with Crippen molar-refractivity contribution in [1.82, 2.24) is 0 Å². The third kappa shape index (κ3) is 1.50. The Balaban J connectivity index is 2.79. The SMILES string of the molecule is Cc1cc(B(O)O)c2sc(N)cc2c1. The summed E-state index contributed by atoms with van der Waals surface area (Å²) in [4.78, 5) is 0. The average molecular weight is 207 g/mol. The molecule has 1 aromatic carbocycles. The lowest BCUT2D eigenvalue weighted by Crippen LogP contribution is -2.30. The van der Waals surface area contributed by atoms with Crippen LogP contribution in [0.25, 0.3) is 10.1 Å². The first-order chi connectivity index (χ1) is 6.58. The lowest BCUT2D eigenvalue weighted by molar-refractivity contribution is 0.426. The Morgan fingerprint density at radius 2 is 2.00 bits per heavy atom. The Morgan fingerprint density at radius 3 is 2.64 bits per heavy atom. The van der Waals surface area contributed by atoms with Gasteiger partial charge in [0.2, 0.25) is 0 Å². The molecule has 0 bridgehead atoms. The molecule has 0 saturated heterocycles. The Labute approximate surface area is 85.9 Å². The van der Waals surface area contributed by atoms with Gasteiger partial charge in [0, 0.05) is 10.2 Å². The van der Waals surface area contributed by atoms with E-state index in [2.05, 4.69) is 0 Å². The van der Waals surface area contributed by atoms with Crippen molar-refractivity contribution in [3.8, 4) is 0 Å². The second-order valence-corrected chi connectivity index (χ2v) is 4.38. The molecule has 0 amide bonds. The quantitative estimate of drug-likeness (QED) is 0.595. The van der Waals surface area contributed by atoms with E-state index in [9.17, 15) is 10.0 Å². The molecule has 0 aliphatic rings. The minimum Gasteiger partial charge on any atom is -0.423 e. The lowest BCUT2D eigenvalue weighted by Gasteiger charge is -2.02. The molecule has 0 unspecified atom stereocenters. The van der Waals surface area contributed by atoms with E-state index < -0.39 is 7.12 Å². The topological polar surface area (TPSA) is 66.5 Å². The van der Waals surface area contributed by atoms with Gasteiger partial charge in [-0.1, -0.05) is 17.7 Å². The van der Waals surface area contributed by atoms with Crippen LogP contribution in [-0.2, 0) is 0 Å². The fraction of sp³-hybridized carbons (Fsp3) is 0.111. The van der Waals surface area contributed by atoms with Crippen molar-refractivity contribution in [2.75, 3.05) is 5.73 Å². The maximum absolute atomic E-state index is 9.18. The van der Waals surface area contributed by atoms with Gasteiger partial charge in [0.1, 0.15) is 0 Å². The molecule has 0 atom stereocenters. The van der Waals surface area contributed by atoms with Crippen LogP contribution in [0.2, 0.25) is 0 Å². The van der Waals surface area contributed by atoms with E-state index in [0.29, 0.717) is 10.5 Å². The molecule has 0 aliphatic heterocycles. The van der Waals surface area contributed by atoms with Crippen molar-refractivity contribution < 1.29 is 10.0 Å². The zero-order chi connectivity index (χ0) is 10.3. The van der Waals surface area contributed by atoms with Crippen LogP contribution >= 0.6 is 11.3 Å². The van der Waals surface area contributed by atoms with Gasteiger partial charge in [-0.05, 0) is 18.4 Å². The maximum atomic E-state index is 9.18. The Hall–Kier alpha value is -1.04. The summed E-state index contributed by atoms with van der Waals surface area (Å²) < 4.78 is 0.850. The number of hydrogen-bond donors (Lipinski definition) is 3. The monoisotopic (exact) mass is 207 g/mol. The molecule has 2 rings (SSSR count). The molecule has 0 aliphatic carbocycles. The Bertz CT molecular complexity index is 481. The standard InChI is InChI=1S/C9H10BNO2S/c1-5-2-6-4-8(11)14-9(6)7(3-5)10(12)13/h2-4,12-13H,11H2,1H3. The first-order valence-corrected chi connectivity index (χ1v) is 5.05. The van der Waals surface area contributed by atoms with Gasteiger partial charge in [-0.25, -0.2) is 0 Å². The summed E-state index contributed by atoms with van der Waals surface area (Å²) >= 11 is 1.37. The van der Waals surface area contributed by atoms with E-state index in [-0.39, 0.29) is 0 Å². The predicted octanol–water partition coefficient (Wildman–Crippen LogP) is 0.472. The second-order valence-electron chi connectivity index (χ2n) is 3.29. The number of rotatable bonds is 1. The highest BCUT2D eigenvalue weighted by Gasteiger charge is 2.16. The second kappa shape index (κ2) is 3.27. The Morgan fingerprint density at radius 1 is 1.29 bits per heavy atom. The third-order valence-electron chi connectivity index (χ3n) is 2.09. The van der Waals surface area contributed by atoms with Crippen LogP contribution in [0, 0.1) is 6.92 Å². The van der Waals surface area contributed by atoms with Gasteiger partial charge in [-0.15, -0.1) is 11.3 Å². The lowest BCUT2D eigenvalue weighted by atomic mass is 9.79. The molecule has 2 aromatic rings. The van der Waals surface area contributed by atoms with Crippen LogP contribution in [0.5, 0.6) is 0 Å². The number of benzene rings is 1. The van der Waals surface area contributed by atoms with E-state index in [1.165, 1.54) is 11.3 Å². The number of aryl methyl sites for hydroxylation is 1. The molecule has 1 heterocycles. The summed E-state index contributed by atoms with van der Waals surface area (Å²) in [6.07, 6.45) is 0. The summed E-state index contributed by atoms with van der Waals surface area (Å²) in [6.45, 7) is 1.92. The van der Waals surface area contributed by atoms with Gasteiger partial charge < -0.3 is 15.8 Å². The summed E-state index contributed by atoms with van der Waals surface area (Å²) in [5.41, 5.74) is 7.19. The van der Waals surface area contributed by atoms with Crippen LogP contribution in [0.3, 0.4) is 0 Å². The van der Waals surface area contributed by atoms with E-state index in [1.807, 2.05) is 19.1 Å². The highest BCUT2D eigenvalue weighted by Crippen LogP contribution is 2.26. The molecular formula is C9H10BNO2S. The number of hydrogen-bond acceptors (Lipinski definition) is 4. The fourth-order valence-electron chi connectivity index (χ4n) is 1.55. The van der Waals surface area contributed by atoms with Crippen molar-refractivity contribution in [2.24, 2.45) is 0 Å². The predicted molar refractivity (Wildman–Crippen MR) is 60.8 cm³/mol. The molecule has 4 N–H and O–H groups in total. The summed E-state index contributed by atoms with van der Waals surface area (Å²) in [7, 11) is -1.43. The van der Waals surface area contributed by atoms with Crippen LogP contribution in [0.1, 0.15) is 5.56 Å². The molecule has 1 aromatic heterocycles. The summed E-state index contributed by atoms with van der Waals surface area (Å²) in [5, 5.41) is 20.0. The van der Waals surface area contributed by atoms with Crippen molar-refractivity contribution in [3.63, 3.8) is 0 Å². The highest BCUT2D eigenvalue weighted by molar-refractivity contribution is 7.24. The van der Waals surface area contributed by atoms with Gasteiger partial charge >= 0.3 is 7.12 Å². The normalized spacial score (nSPS) is 10.8. The Kier molecular flexibility index (Phi) is 2.22. The molecule has 14 heavy (non-hydrogen) atoms. The van der Waals surface area contributed by atoms with Gasteiger partial charge in [-0.3, -0.25) is 0 Å². The van der Waals surface area contributed by atoms with E-state index in [1.54, 1.807) is 6.07 Å². The van der Waals surface area contributed by atoms with Crippen LogP contribution in [0.4, 0.5) is 5.00 Å². The van der Waals surface area contributed by atoms with Crippen molar-refractivity contribution in [2.45, 2.75) is 6.92 Å². The van der Waals surface area contributed by atoms with E-state index >= 15 is 0 Å². The van der Waals surface area contributed by atoms with Gasteiger partial charge in [0.15, 0.2) is 0 Å². The summed E-state index contributed by atoms with van der Waals surface area (Å²) in [5.74, 6) is 0. The van der Waals surface area contributed by atoms with Gasteiger partial charge in [-0.2, -0.15) is 0 Å². The number of nitrogens with two attached hydrogens (primary N) is 1. The molecule has 0 saturated carbocycles. The van der Waals surface area contributed by atoms with Crippen molar-refractivity contribution in [1.29, 1.82) is 0 Å². The molecule has 0 fully saturated rings. The first-order valence-electron chi connectivity index (χ1n) is 4.23. The van der Waals surface area contributed by atoms with Gasteiger partial charge in [0.05, 0.1) is 5.00 Å². The maximum Gasteiger partial charge on any atom is 0.489 e. The molecule has 0 spiro atoms. The van der Waals surface area contributed by atoms with E-state index in [4.69, 9.17) is 5.73 Å². The third-order valence-corrected chi connectivity index (χ3v) is 3.12. The van der Waals surface area contributed by atoms with Crippen molar-refractivity contribution in [3.05, 3.63) is 23.8 Å². The average Bonchev–Trinajstić information content (AvgIpc) is 2.42. The number of nitrogen functional groups attached to an aromatic ring is 1. The fourth-order valence-corrected chi connectivity index (χ4v) is 2.49. The van der Waals surface area contributed by atoms with Crippen LogP contribution in [-0.4, -0.2) is 17.2 Å². The molecular weight excluding hydrogens is 197 g/mol. The number of anilines is 1. The molecule has 72 valence electrons. The minimum atomic E-state index is -1.43. The minimum absolute atomic E-state index is 0.529. The zero-order valence-corrected chi connectivity index (χ0v) is 8.51. The van der Waals surface area contributed by atoms with Crippen molar-refractivity contribution >= 4 is 39.0 Å². The highest BCUT2D eigenvalue weighted by atomic mass is 32.1. The molecule has 3 nitrogen and oxygen atoms in total. The number of fused-ring (bicyclic) bond motifs is 1. The number of thiophene rings is 1.